The van der Waals surface area contributed by atoms with E-state index in [0.29, 0.717) is 6.54 Å². The van der Waals surface area contributed by atoms with Crippen molar-refractivity contribution >= 4 is 29.9 Å². The van der Waals surface area contributed by atoms with Crippen LogP contribution in [0.5, 0.6) is 0 Å². The molecule has 1 aromatic carbocycles. The lowest BCUT2D eigenvalue weighted by molar-refractivity contribution is 0.298. The van der Waals surface area contributed by atoms with Gasteiger partial charge in [-0.05, 0) is 45.6 Å². The van der Waals surface area contributed by atoms with E-state index < -0.39 is 0 Å². The number of hydrogen-bond acceptors (Lipinski definition) is 3. The fourth-order valence-corrected chi connectivity index (χ4v) is 2.57. The number of nitrogens with one attached hydrogen (secondary N) is 2. The fraction of sp³-hybridized carbons (Fsp3) is 0.400. The van der Waals surface area contributed by atoms with Crippen LogP contribution in [-0.2, 0) is 6.54 Å². The van der Waals surface area contributed by atoms with E-state index in [4.69, 9.17) is 0 Å². The normalized spacial score (nSPS) is 12.4. The van der Waals surface area contributed by atoms with Crippen molar-refractivity contribution in [3.63, 3.8) is 0 Å². The van der Waals surface area contributed by atoms with E-state index in [1.807, 2.05) is 18.2 Å². The monoisotopic (exact) mass is 467 g/mol. The molecule has 0 fully saturated rings. The molecular weight excluding hydrogens is 437 g/mol. The summed E-state index contributed by atoms with van der Waals surface area (Å²) in [6.07, 6.45) is 1.80. The first-order chi connectivity index (χ1) is 12.1. The summed E-state index contributed by atoms with van der Waals surface area (Å²) in [4.78, 5) is 11.2. The molecule has 26 heavy (non-hydrogen) atoms. The number of likely N-dealkylation sites (N-methyl/N-ethyl adjacent to an activating group) is 1. The molecule has 0 aliphatic rings. The van der Waals surface area contributed by atoms with Crippen molar-refractivity contribution in [1.29, 1.82) is 0 Å². The maximum Gasteiger partial charge on any atom is 0.191 e. The molecule has 1 heterocycles. The molecule has 0 bridgehead atoms. The molecule has 0 amide bonds. The van der Waals surface area contributed by atoms with Gasteiger partial charge in [-0.1, -0.05) is 35.9 Å². The van der Waals surface area contributed by atoms with E-state index >= 15 is 0 Å². The number of aromatic nitrogens is 1. The molecule has 0 saturated carbocycles. The maximum atomic E-state index is 4.64. The second-order valence-corrected chi connectivity index (χ2v) is 6.29. The molecule has 0 saturated heterocycles. The van der Waals surface area contributed by atoms with Crippen molar-refractivity contribution in [2.75, 3.05) is 27.2 Å². The van der Waals surface area contributed by atoms with Gasteiger partial charge < -0.3 is 15.5 Å². The smallest absolute Gasteiger partial charge is 0.191 e. The maximum absolute atomic E-state index is 4.64. The van der Waals surface area contributed by atoms with E-state index in [9.17, 15) is 0 Å². The Balaban J connectivity index is 0.00000338. The SMILES string of the molecule is CCNC(=NCc1ccccn1)NCC(c1ccc(C)cc1)N(C)C.I. The van der Waals surface area contributed by atoms with Crippen LogP contribution in [0, 0.1) is 6.92 Å². The summed E-state index contributed by atoms with van der Waals surface area (Å²) in [5.74, 6) is 0.812. The average Bonchev–Trinajstić information content (AvgIpc) is 2.62. The van der Waals surface area contributed by atoms with E-state index in [-0.39, 0.29) is 30.0 Å². The number of hydrogen-bond donors (Lipinski definition) is 2. The van der Waals surface area contributed by atoms with Crippen molar-refractivity contribution in [3.8, 4) is 0 Å². The van der Waals surface area contributed by atoms with Gasteiger partial charge in [-0.25, -0.2) is 4.99 Å². The van der Waals surface area contributed by atoms with Crippen molar-refractivity contribution in [2.45, 2.75) is 26.4 Å². The molecule has 6 heteroatoms. The number of aryl methyl sites for hydroxylation is 1. The number of pyridine rings is 1. The number of aliphatic imine (C=N–C) groups is 1. The molecule has 0 radical (unpaired) electrons. The van der Waals surface area contributed by atoms with Crippen molar-refractivity contribution in [2.24, 2.45) is 4.99 Å². The standard InChI is InChI=1S/C20H29N5.HI/c1-5-21-20(23-14-18-8-6-7-13-22-18)24-15-19(25(3)4)17-11-9-16(2)10-12-17;/h6-13,19H,5,14-15H2,1-4H3,(H2,21,23,24);1H. The van der Waals surface area contributed by atoms with Gasteiger partial charge in [-0.3, -0.25) is 4.98 Å². The molecule has 5 nitrogen and oxygen atoms in total. The number of nitrogens with zero attached hydrogens (tertiary/aromatic N) is 3. The third-order valence-corrected chi connectivity index (χ3v) is 4.02. The Morgan fingerprint density at radius 3 is 2.42 bits per heavy atom. The minimum atomic E-state index is 0. The second kappa shape index (κ2) is 11.9. The van der Waals surface area contributed by atoms with Gasteiger partial charge in [-0.15, -0.1) is 24.0 Å². The predicted octanol–water partition coefficient (Wildman–Crippen LogP) is 3.37. The van der Waals surface area contributed by atoms with Crippen LogP contribution in [0.3, 0.4) is 0 Å². The van der Waals surface area contributed by atoms with Crippen LogP contribution in [-0.4, -0.2) is 43.0 Å². The highest BCUT2D eigenvalue weighted by Crippen LogP contribution is 2.17. The molecule has 2 aromatic rings. The van der Waals surface area contributed by atoms with Gasteiger partial charge in [0.15, 0.2) is 5.96 Å². The Morgan fingerprint density at radius 1 is 1.12 bits per heavy atom. The zero-order valence-corrected chi connectivity index (χ0v) is 18.4. The van der Waals surface area contributed by atoms with Gasteiger partial charge in [0.05, 0.1) is 18.3 Å². The minimum Gasteiger partial charge on any atom is -0.357 e. The lowest BCUT2D eigenvalue weighted by Gasteiger charge is -2.26. The predicted molar refractivity (Wildman–Crippen MR) is 120 cm³/mol. The van der Waals surface area contributed by atoms with Crippen LogP contribution in [0.1, 0.15) is 29.8 Å². The van der Waals surface area contributed by atoms with E-state index in [2.05, 4.69) is 77.7 Å². The molecule has 1 atom stereocenters. The first-order valence-corrected chi connectivity index (χ1v) is 8.75. The topological polar surface area (TPSA) is 52.6 Å². The second-order valence-electron chi connectivity index (χ2n) is 6.29. The Kier molecular flexibility index (Phi) is 10.2. The third-order valence-electron chi connectivity index (χ3n) is 4.02. The summed E-state index contributed by atoms with van der Waals surface area (Å²) in [6.45, 7) is 6.35. The third kappa shape index (κ3) is 7.29. The molecule has 0 spiro atoms. The largest absolute Gasteiger partial charge is 0.357 e. The van der Waals surface area contributed by atoms with Gasteiger partial charge in [0.25, 0.3) is 0 Å². The lowest BCUT2D eigenvalue weighted by atomic mass is 10.0. The zero-order chi connectivity index (χ0) is 18.1. The number of rotatable bonds is 7. The van der Waals surface area contributed by atoms with Crippen LogP contribution in [0.4, 0.5) is 0 Å². The Hall–Kier alpha value is -1.67. The summed E-state index contributed by atoms with van der Waals surface area (Å²) in [5.41, 5.74) is 3.53. The Labute approximate surface area is 174 Å². The summed E-state index contributed by atoms with van der Waals surface area (Å²) < 4.78 is 0. The Bertz CT molecular complexity index is 656. The zero-order valence-electron chi connectivity index (χ0n) is 16.1. The Morgan fingerprint density at radius 2 is 1.85 bits per heavy atom. The highest BCUT2D eigenvalue weighted by molar-refractivity contribution is 14.0. The van der Waals surface area contributed by atoms with Gasteiger partial charge in [0, 0.05) is 19.3 Å². The fourth-order valence-electron chi connectivity index (χ4n) is 2.57. The van der Waals surface area contributed by atoms with E-state index in [1.165, 1.54) is 11.1 Å². The number of guanidine groups is 1. The van der Waals surface area contributed by atoms with Crippen molar-refractivity contribution in [1.82, 2.24) is 20.5 Å². The van der Waals surface area contributed by atoms with Gasteiger partial charge in [-0.2, -0.15) is 0 Å². The molecule has 0 aliphatic carbocycles. The van der Waals surface area contributed by atoms with E-state index in [1.54, 1.807) is 6.20 Å². The number of halogens is 1. The van der Waals surface area contributed by atoms with Crippen LogP contribution in [0.2, 0.25) is 0 Å². The highest BCUT2D eigenvalue weighted by atomic mass is 127. The summed E-state index contributed by atoms with van der Waals surface area (Å²) in [6, 6.07) is 14.9. The molecular formula is C20H30IN5. The summed E-state index contributed by atoms with van der Waals surface area (Å²) >= 11 is 0. The van der Waals surface area contributed by atoms with Crippen molar-refractivity contribution in [3.05, 3.63) is 65.5 Å². The molecule has 2 N–H and O–H groups in total. The molecule has 1 unspecified atom stereocenters. The van der Waals surface area contributed by atoms with Gasteiger partial charge in [0.1, 0.15) is 0 Å². The average molecular weight is 467 g/mol. The van der Waals surface area contributed by atoms with E-state index in [0.717, 1.165) is 24.7 Å². The van der Waals surface area contributed by atoms with Crippen LogP contribution >= 0.6 is 24.0 Å². The van der Waals surface area contributed by atoms with Crippen LogP contribution in [0.15, 0.2) is 53.7 Å². The van der Waals surface area contributed by atoms with Crippen LogP contribution in [0.25, 0.3) is 0 Å². The molecule has 142 valence electrons. The quantitative estimate of drug-likeness (QED) is 0.373. The summed E-state index contributed by atoms with van der Waals surface area (Å²) in [5, 5.41) is 6.76. The van der Waals surface area contributed by atoms with Crippen molar-refractivity contribution < 1.29 is 0 Å². The highest BCUT2D eigenvalue weighted by Gasteiger charge is 2.14. The van der Waals surface area contributed by atoms with Gasteiger partial charge >= 0.3 is 0 Å². The van der Waals surface area contributed by atoms with Crippen LogP contribution < -0.4 is 10.6 Å². The van der Waals surface area contributed by atoms with Gasteiger partial charge in [0.2, 0.25) is 0 Å². The summed E-state index contributed by atoms with van der Waals surface area (Å²) in [7, 11) is 4.20. The molecule has 2 rings (SSSR count). The minimum absolute atomic E-state index is 0. The molecule has 1 aromatic heterocycles. The number of benzene rings is 1. The first-order valence-electron chi connectivity index (χ1n) is 8.75. The lowest BCUT2D eigenvalue weighted by Crippen LogP contribution is -2.41. The molecule has 0 aliphatic heterocycles. The first kappa shape index (κ1) is 22.4.